The Morgan fingerprint density at radius 2 is 1.88 bits per heavy atom. The predicted octanol–water partition coefficient (Wildman–Crippen LogP) is 2.13. The Morgan fingerprint density at radius 3 is 2.58 bits per heavy atom. The van der Waals surface area contributed by atoms with E-state index >= 15 is 0 Å². The smallest absolute Gasteiger partial charge is 0.317 e. The highest BCUT2D eigenvalue weighted by molar-refractivity contribution is 5.75. The molecule has 0 radical (unpaired) electrons. The summed E-state index contributed by atoms with van der Waals surface area (Å²) in [4.78, 5) is 25.0. The molecule has 0 saturated carbocycles. The van der Waals surface area contributed by atoms with Crippen molar-refractivity contribution < 1.29 is 14.7 Å². The second kappa shape index (κ2) is 8.51. The van der Waals surface area contributed by atoms with Gasteiger partial charge in [0.25, 0.3) is 0 Å². The van der Waals surface area contributed by atoms with Crippen LogP contribution in [0.5, 0.6) is 0 Å². The quantitative estimate of drug-likeness (QED) is 0.830. The van der Waals surface area contributed by atoms with Gasteiger partial charge in [-0.25, -0.2) is 4.79 Å². The standard InChI is InChI=1S/C19H24N4O3/c24-18(25)16-8-11-22(12-9-16)19(26)20-14-17-6-10-21-23(17)13-7-15-4-2-1-3-5-15/h1-6,10,16H,7-9,11-14H2,(H,20,26)(H,24,25). The van der Waals surface area contributed by atoms with Crippen molar-refractivity contribution in [1.82, 2.24) is 20.0 Å². The van der Waals surface area contributed by atoms with Crippen LogP contribution in [0.15, 0.2) is 42.6 Å². The van der Waals surface area contributed by atoms with Gasteiger partial charge in [0.15, 0.2) is 0 Å². The average Bonchev–Trinajstić information content (AvgIpc) is 3.12. The van der Waals surface area contributed by atoms with E-state index in [1.807, 2.05) is 28.9 Å². The number of hydrogen-bond acceptors (Lipinski definition) is 3. The number of aromatic nitrogens is 2. The van der Waals surface area contributed by atoms with Crippen LogP contribution in [0.1, 0.15) is 24.1 Å². The lowest BCUT2D eigenvalue weighted by Crippen LogP contribution is -2.45. The first-order valence-electron chi connectivity index (χ1n) is 8.93. The summed E-state index contributed by atoms with van der Waals surface area (Å²) in [6, 6.07) is 12.0. The minimum atomic E-state index is -0.771. The molecule has 1 aliphatic heterocycles. The van der Waals surface area contributed by atoms with Gasteiger partial charge in [-0.2, -0.15) is 5.10 Å². The van der Waals surface area contributed by atoms with E-state index in [-0.39, 0.29) is 11.9 Å². The van der Waals surface area contributed by atoms with E-state index in [2.05, 4.69) is 22.5 Å². The van der Waals surface area contributed by atoms with Gasteiger partial charge in [0.2, 0.25) is 0 Å². The van der Waals surface area contributed by atoms with Gasteiger partial charge >= 0.3 is 12.0 Å². The second-order valence-corrected chi connectivity index (χ2v) is 6.54. The van der Waals surface area contributed by atoms with Crippen LogP contribution in [-0.4, -0.2) is 44.9 Å². The third-order valence-electron chi connectivity index (χ3n) is 4.81. The normalized spacial score (nSPS) is 15.0. The van der Waals surface area contributed by atoms with Crippen molar-refractivity contribution in [3.63, 3.8) is 0 Å². The number of likely N-dealkylation sites (tertiary alicyclic amines) is 1. The molecule has 0 spiro atoms. The third kappa shape index (κ3) is 4.62. The number of benzene rings is 1. The lowest BCUT2D eigenvalue weighted by molar-refractivity contribution is -0.143. The van der Waals surface area contributed by atoms with Crippen LogP contribution in [0.4, 0.5) is 4.79 Å². The summed E-state index contributed by atoms with van der Waals surface area (Å²) < 4.78 is 1.91. The summed E-state index contributed by atoms with van der Waals surface area (Å²) in [6.07, 6.45) is 3.65. The molecule has 7 nitrogen and oxygen atoms in total. The molecule has 0 unspecified atom stereocenters. The average molecular weight is 356 g/mol. The monoisotopic (exact) mass is 356 g/mol. The molecule has 1 saturated heterocycles. The summed E-state index contributed by atoms with van der Waals surface area (Å²) in [5, 5.41) is 16.3. The van der Waals surface area contributed by atoms with E-state index in [1.54, 1.807) is 11.1 Å². The van der Waals surface area contributed by atoms with Gasteiger partial charge in [-0.15, -0.1) is 0 Å². The van der Waals surface area contributed by atoms with Gasteiger partial charge in [-0.3, -0.25) is 9.48 Å². The molecule has 138 valence electrons. The largest absolute Gasteiger partial charge is 0.481 e. The highest BCUT2D eigenvalue weighted by atomic mass is 16.4. The summed E-state index contributed by atoms with van der Waals surface area (Å²) in [5.74, 6) is -1.11. The zero-order valence-corrected chi connectivity index (χ0v) is 14.7. The SMILES string of the molecule is O=C(O)C1CCN(C(=O)NCc2ccnn2CCc2ccccc2)CC1. The molecular formula is C19H24N4O3. The Kier molecular flexibility index (Phi) is 5.88. The molecule has 2 amide bonds. The number of nitrogens with one attached hydrogen (secondary N) is 1. The Bertz CT molecular complexity index is 736. The number of amides is 2. The van der Waals surface area contributed by atoms with Gasteiger partial charge in [-0.1, -0.05) is 30.3 Å². The van der Waals surface area contributed by atoms with Gasteiger partial charge < -0.3 is 15.3 Å². The fraction of sp³-hybridized carbons (Fsp3) is 0.421. The summed E-state index contributed by atoms with van der Waals surface area (Å²) in [6.45, 7) is 2.13. The van der Waals surface area contributed by atoms with E-state index in [1.165, 1.54) is 5.56 Å². The molecule has 0 bridgehead atoms. The van der Waals surface area contributed by atoms with Crippen LogP contribution in [-0.2, 0) is 24.3 Å². The maximum absolute atomic E-state index is 12.3. The highest BCUT2D eigenvalue weighted by Crippen LogP contribution is 2.17. The molecule has 1 aromatic carbocycles. The molecule has 0 aliphatic carbocycles. The lowest BCUT2D eigenvalue weighted by atomic mass is 9.97. The zero-order valence-electron chi connectivity index (χ0n) is 14.7. The Labute approximate surface area is 152 Å². The van der Waals surface area contributed by atoms with E-state index in [0.29, 0.717) is 32.5 Å². The fourth-order valence-electron chi connectivity index (χ4n) is 3.20. The molecule has 7 heteroatoms. The molecule has 1 aromatic heterocycles. The molecule has 2 N–H and O–H groups in total. The Hall–Kier alpha value is -2.83. The number of aliphatic carboxylic acids is 1. The maximum Gasteiger partial charge on any atom is 0.317 e. The van der Waals surface area contributed by atoms with Crippen molar-refractivity contribution >= 4 is 12.0 Å². The molecule has 2 aromatic rings. The number of carboxylic acids is 1. The number of piperidine rings is 1. The maximum atomic E-state index is 12.3. The van der Waals surface area contributed by atoms with Crippen molar-refractivity contribution in [2.45, 2.75) is 32.4 Å². The fourth-order valence-corrected chi connectivity index (χ4v) is 3.20. The number of carbonyl (C=O) groups excluding carboxylic acids is 1. The molecular weight excluding hydrogens is 332 g/mol. The second-order valence-electron chi connectivity index (χ2n) is 6.54. The molecule has 2 heterocycles. The summed E-state index contributed by atoms with van der Waals surface area (Å²) in [7, 11) is 0. The zero-order chi connectivity index (χ0) is 18.4. The van der Waals surface area contributed by atoms with Gasteiger partial charge in [0.05, 0.1) is 18.2 Å². The van der Waals surface area contributed by atoms with E-state index in [9.17, 15) is 9.59 Å². The number of hydrogen-bond donors (Lipinski definition) is 2. The van der Waals surface area contributed by atoms with Crippen molar-refractivity contribution in [1.29, 1.82) is 0 Å². The minimum Gasteiger partial charge on any atom is -0.481 e. The first-order valence-corrected chi connectivity index (χ1v) is 8.93. The number of carbonyl (C=O) groups is 2. The number of urea groups is 1. The van der Waals surface area contributed by atoms with E-state index in [4.69, 9.17) is 5.11 Å². The van der Waals surface area contributed by atoms with Crippen LogP contribution < -0.4 is 5.32 Å². The highest BCUT2D eigenvalue weighted by Gasteiger charge is 2.26. The van der Waals surface area contributed by atoms with Crippen LogP contribution in [0.25, 0.3) is 0 Å². The van der Waals surface area contributed by atoms with Crippen molar-refractivity contribution in [2.75, 3.05) is 13.1 Å². The molecule has 1 aliphatic rings. The van der Waals surface area contributed by atoms with E-state index in [0.717, 1.165) is 18.7 Å². The Morgan fingerprint density at radius 1 is 1.15 bits per heavy atom. The number of aryl methyl sites for hydroxylation is 2. The third-order valence-corrected chi connectivity index (χ3v) is 4.81. The van der Waals surface area contributed by atoms with Gasteiger partial charge in [0.1, 0.15) is 0 Å². The van der Waals surface area contributed by atoms with Crippen molar-refractivity contribution in [2.24, 2.45) is 5.92 Å². The van der Waals surface area contributed by atoms with Crippen molar-refractivity contribution in [3.05, 3.63) is 53.9 Å². The van der Waals surface area contributed by atoms with Crippen LogP contribution in [0.3, 0.4) is 0 Å². The molecule has 3 rings (SSSR count). The number of nitrogens with zero attached hydrogens (tertiary/aromatic N) is 3. The molecule has 1 fully saturated rings. The minimum absolute atomic E-state index is 0.148. The summed E-state index contributed by atoms with van der Waals surface area (Å²) >= 11 is 0. The predicted molar refractivity (Wildman–Crippen MR) is 96.5 cm³/mol. The molecule has 26 heavy (non-hydrogen) atoms. The van der Waals surface area contributed by atoms with Gasteiger partial charge in [0, 0.05) is 25.8 Å². The van der Waals surface area contributed by atoms with Crippen LogP contribution in [0, 0.1) is 5.92 Å². The van der Waals surface area contributed by atoms with Gasteiger partial charge in [-0.05, 0) is 30.9 Å². The van der Waals surface area contributed by atoms with Crippen molar-refractivity contribution in [3.8, 4) is 0 Å². The first kappa shape index (κ1) is 18.0. The van der Waals surface area contributed by atoms with E-state index < -0.39 is 5.97 Å². The summed E-state index contributed by atoms with van der Waals surface area (Å²) in [5.41, 5.74) is 2.20. The topological polar surface area (TPSA) is 87.5 Å². The Balaban J connectivity index is 1.47. The number of rotatable bonds is 6. The first-order chi connectivity index (χ1) is 12.6. The van der Waals surface area contributed by atoms with Crippen LogP contribution in [0.2, 0.25) is 0 Å². The lowest BCUT2D eigenvalue weighted by Gasteiger charge is -2.30. The molecule has 0 atom stereocenters. The number of carboxylic acid groups (broad SMARTS) is 1. The van der Waals surface area contributed by atoms with Crippen LogP contribution >= 0.6 is 0 Å².